The quantitative estimate of drug-likeness (QED) is 0.106. The van der Waals surface area contributed by atoms with Crippen LogP contribution < -0.4 is 5.43 Å². The molecule has 1 aliphatic heterocycles. The summed E-state index contributed by atoms with van der Waals surface area (Å²) in [6.07, 6.45) is 3.75. The van der Waals surface area contributed by atoms with E-state index in [1.54, 1.807) is 313 Å². The molecule has 1 saturated heterocycles. The maximum atomic E-state index is 5.94. The van der Waals surface area contributed by atoms with Gasteiger partial charge in [-0.2, -0.15) is 5.10 Å². The topological polar surface area (TPSA) is 53.4 Å². The van der Waals surface area contributed by atoms with Crippen LogP contribution in [0.2, 0.25) is 0 Å². The van der Waals surface area contributed by atoms with E-state index < -0.39 is 5.41 Å². The minimum Gasteiger partial charge on any atom is -0.293 e. The second-order valence-electron chi connectivity index (χ2n) is 28.0. The molecule has 5 aliphatic rings. The summed E-state index contributed by atoms with van der Waals surface area (Å²) >= 11 is 0. The first-order valence-corrected chi connectivity index (χ1v) is 29.5. The monoisotopic (exact) mass is 987 g/mol. The number of nitrogens with one attached hydrogen (secondary N) is 1. The van der Waals surface area contributed by atoms with Crippen molar-refractivity contribution < 1.29 is 0 Å². The van der Waals surface area contributed by atoms with Crippen LogP contribution in [-0.2, 0) is 10.8 Å². The molecule has 0 radical (unpaired) electrons. The number of nitrogens with zero attached hydrogens (tertiary/aromatic N) is 4. The standard InChI is InChI=1S/C75H17N5/c1-2-80-11-74-69-61-53-43-33-25-17-15-16-19-23-21(17)29-37-31(23)41-35-27(19)28-20(16)24-22-18(15)26(25)34-40-30(22)38-32(24)42-36(28)46-45(35)57-51(41)59-49(37)55(47(53)39(29)33)63(69)65(59)71-67(57)68-58(46)52(42)60-50(38)56-48(40)54(44(34)43)62(61)70(74)64(56)66(60)72(68)75(71,74)73(80)13-7-5-6-12(78-13)10-77-79-14-8-3-4-9-76-14/h3-10,73H,2,11H2,1H3,(H,76,79)/b77-10+. The number of benzene rings is 18. The number of rotatable bonds is 5. The Balaban J connectivity index is 0.987. The molecule has 28 aromatic carbocycles. The van der Waals surface area contributed by atoms with E-state index in [1.807, 2.05) is 30.6 Å². The van der Waals surface area contributed by atoms with Crippen LogP contribution in [0.15, 0.2) is 47.7 Å². The highest BCUT2D eigenvalue weighted by Crippen LogP contribution is 2.87. The first kappa shape index (κ1) is 31.6. The number of hydrogen-bond donors (Lipinski definition) is 1. The van der Waals surface area contributed by atoms with Crippen molar-refractivity contribution in [2.75, 3.05) is 18.5 Å². The Kier molecular flexibility index (Phi) is 3.01. The minimum atomic E-state index is -0.455. The third-order valence-electron chi connectivity index (χ3n) is 27.3. The van der Waals surface area contributed by atoms with Crippen molar-refractivity contribution in [3.63, 3.8) is 0 Å². The van der Waals surface area contributed by atoms with Gasteiger partial charge in [-0.15, -0.1) is 0 Å². The van der Waals surface area contributed by atoms with E-state index in [1.165, 1.54) is 5.69 Å². The molecule has 0 saturated carbocycles. The SMILES string of the molecule is CCN1CC23c4c5c6c7c8c9c(c%10c%11c2c2c4c4c%12c5c5c6c6c8c8c%13c9c9c%10c%10c%11c%11c2c2c4c4c%12c%12c5c5c6c8c6c8c%13c9c9c%10c%10c%11c2c2c4c4c%12c5c6c5c8c9c%10c2c45)C73C1c1cccc(/C=N/Nc2ccccn2)n1. The average molecular weight is 988 g/mol. The molecule has 80 heavy (non-hydrogen) atoms. The third kappa shape index (κ3) is 1.85. The summed E-state index contributed by atoms with van der Waals surface area (Å²) in [5.74, 6) is 0.730. The lowest BCUT2D eigenvalue weighted by Crippen LogP contribution is -2.52. The molecular formula is C75H17N5. The van der Waals surface area contributed by atoms with Crippen molar-refractivity contribution in [2.24, 2.45) is 5.10 Å². The lowest BCUT2D eigenvalue weighted by atomic mass is 9.48. The fourth-order valence-corrected chi connectivity index (χ4v) is 26.9. The second-order valence-corrected chi connectivity index (χ2v) is 28.0. The molecule has 1 fully saturated rings. The van der Waals surface area contributed by atoms with Crippen LogP contribution in [0.1, 0.15) is 46.6 Å². The number of pyridine rings is 2. The number of aromatic nitrogens is 2. The summed E-state index contributed by atoms with van der Waals surface area (Å²) in [6.45, 7) is 4.40. The summed E-state index contributed by atoms with van der Waals surface area (Å²) in [5, 5.41) is 93.5. The van der Waals surface area contributed by atoms with Gasteiger partial charge in [-0.1, -0.05) is 19.1 Å². The van der Waals surface area contributed by atoms with E-state index in [9.17, 15) is 0 Å². The van der Waals surface area contributed by atoms with Gasteiger partial charge >= 0.3 is 0 Å². The number of likely N-dealkylation sites (tertiary alicyclic amines) is 1. The fraction of sp³-hybridized carbons (Fsp3) is 0.0800. The van der Waals surface area contributed by atoms with E-state index in [2.05, 4.69) is 40.4 Å². The molecule has 5 heteroatoms. The first-order chi connectivity index (χ1) is 39.8. The van der Waals surface area contributed by atoms with Crippen LogP contribution in [0.5, 0.6) is 0 Å². The second kappa shape index (κ2) is 7.64. The molecule has 1 N–H and O–H groups in total. The Morgan fingerprint density at radius 3 is 1.01 bits per heavy atom. The molecule has 2 spiro atoms. The van der Waals surface area contributed by atoms with Gasteiger partial charge in [0.2, 0.25) is 0 Å². The molecule has 342 valence electrons. The molecule has 5 nitrogen and oxygen atoms in total. The summed E-state index contributed by atoms with van der Waals surface area (Å²) in [7, 11) is 0. The van der Waals surface area contributed by atoms with Crippen LogP contribution >= 0.6 is 0 Å². The molecule has 0 bridgehead atoms. The van der Waals surface area contributed by atoms with Crippen LogP contribution in [-0.4, -0.2) is 34.2 Å². The first-order valence-electron chi connectivity index (χ1n) is 29.5. The Labute approximate surface area is 439 Å². The van der Waals surface area contributed by atoms with Gasteiger partial charge < -0.3 is 0 Å². The van der Waals surface area contributed by atoms with E-state index in [0.29, 0.717) is 0 Å². The number of likely N-dealkylation sites (N-methyl/N-ethyl adjacent to an activating group) is 1. The van der Waals surface area contributed by atoms with Gasteiger partial charge in [0.15, 0.2) is 0 Å². The zero-order valence-electron chi connectivity index (χ0n) is 41.4. The largest absolute Gasteiger partial charge is 0.293 e. The van der Waals surface area contributed by atoms with Crippen molar-refractivity contribution >= 4 is 303 Å². The van der Waals surface area contributed by atoms with Crippen molar-refractivity contribution in [1.82, 2.24) is 14.9 Å². The summed E-state index contributed by atoms with van der Waals surface area (Å²) in [6, 6.07) is 12.8. The number of anilines is 1. The number of hydrogen-bond acceptors (Lipinski definition) is 5. The highest BCUT2D eigenvalue weighted by Gasteiger charge is 2.76. The Morgan fingerprint density at radius 2 is 0.713 bits per heavy atom. The Morgan fingerprint density at radius 1 is 0.400 bits per heavy atom. The predicted octanol–water partition coefficient (Wildman–Crippen LogP) is 18.6. The number of hydrazone groups is 1. The van der Waals surface area contributed by atoms with E-state index in [4.69, 9.17) is 10.1 Å². The van der Waals surface area contributed by atoms with Gasteiger partial charge in [0.25, 0.3) is 0 Å². The summed E-state index contributed by atoms with van der Waals surface area (Å²) in [5.41, 5.74) is 11.3. The summed E-state index contributed by atoms with van der Waals surface area (Å²) < 4.78 is 0. The maximum Gasteiger partial charge on any atom is 0.146 e. The van der Waals surface area contributed by atoms with Gasteiger partial charge in [0.1, 0.15) is 5.82 Å². The smallest absolute Gasteiger partial charge is 0.146 e. The molecule has 0 amide bonds. The van der Waals surface area contributed by atoms with Crippen molar-refractivity contribution in [3.05, 3.63) is 76.2 Å². The van der Waals surface area contributed by atoms with Gasteiger partial charge in [-0.3, -0.25) is 15.3 Å². The molecule has 1 atom stereocenters. The van der Waals surface area contributed by atoms with Crippen LogP contribution in [0.3, 0.4) is 0 Å². The zero-order valence-corrected chi connectivity index (χ0v) is 41.4. The highest BCUT2D eigenvalue weighted by atomic mass is 15.3. The molecule has 1 unspecified atom stereocenters. The predicted molar refractivity (Wildman–Crippen MR) is 334 cm³/mol. The Bertz CT molecular complexity index is 7760. The van der Waals surface area contributed by atoms with Gasteiger partial charge in [-0.05, 0) is 344 Å². The van der Waals surface area contributed by atoms with Crippen molar-refractivity contribution in [2.45, 2.75) is 23.8 Å². The molecule has 3 heterocycles. The highest BCUT2D eigenvalue weighted by molar-refractivity contribution is 6.82. The average Bonchev–Trinajstić information content (AvgIpc) is 1.68. The summed E-state index contributed by atoms with van der Waals surface area (Å²) in [4.78, 5) is 13.5. The lowest BCUT2D eigenvalue weighted by molar-refractivity contribution is 0.232. The third-order valence-corrected chi connectivity index (χ3v) is 27.3. The Hall–Kier alpha value is -9.81. The van der Waals surface area contributed by atoms with Gasteiger partial charge in [0.05, 0.1) is 34.5 Å². The van der Waals surface area contributed by atoms with Crippen molar-refractivity contribution in [3.8, 4) is 0 Å². The molecule has 30 aromatic rings. The normalized spacial score (nSPS) is 22.4. The van der Waals surface area contributed by atoms with Gasteiger partial charge in [0, 0.05) is 12.7 Å². The van der Waals surface area contributed by atoms with Crippen LogP contribution in [0.4, 0.5) is 5.82 Å². The van der Waals surface area contributed by atoms with E-state index in [-0.39, 0.29) is 11.5 Å². The molecular weight excluding hydrogens is 971 g/mol. The minimum absolute atomic E-state index is 0.0275. The van der Waals surface area contributed by atoms with Crippen molar-refractivity contribution in [1.29, 1.82) is 0 Å². The molecule has 35 rings (SSSR count). The lowest BCUT2D eigenvalue weighted by Gasteiger charge is -2.52. The molecule has 4 aliphatic carbocycles. The van der Waals surface area contributed by atoms with E-state index >= 15 is 0 Å². The maximum absolute atomic E-state index is 5.94. The molecule has 2 aromatic heterocycles. The van der Waals surface area contributed by atoms with Crippen LogP contribution in [0, 0.1) is 0 Å². The fourth-order valence-electron chi connectivity index (χ4n) is 26.9. The zero-order chi connectivity index (χ0) is 48.3. The van der Waals surface area contributed by atoms with E-state index in [0.717, 1.165) is 24.6 Å². The van der Waals surface area contributed by atoms with Gasteiger partial charge in [-0.25, -0.2) is 4.98 Å². The van der Waals surface area contributed by atoms with Crippen LogP contribution in [0.25, 0.3) is 291 Å².